The van der Waals surface area contributed by atoms with Gasteiger partial charge in [-0.2, -0.15) is 0 Å². The minimum absolute atomic E-state index is 0.264. The van der Waals surface area contributed by atoms with Crippen LogP contribution in [0.5, 0.6) is 0 Å². The summed E-state index contributed by atoms with van der Waals surface area (Å²) in [5, 5.41) is 10.7. The topological polar surface area (TPSA) is 40.5 Å². The molecule has 0 aliphatic heterocycles. The predicted octanol–water partition coefficient (Wildman–Crippen LogP) is 11.6. The Balaban J connectivity index is 1.54. The first-order chi connectivity index (χ1) is 21.4. The second-order valence-corrected chi connectivity index (χ2v) is 13.3. The maximum Gasteiger partial charge on any atom is 0.132 e. The fraction of sp³-hybridized carbons (Fsp3) is 0.634. The van der Waals surface area contributed by atoms with Gasteiger partial charge in [0.2, 0.25) is 0 Å². The van der Waals surface area contributed by atoms with Crippen molar-refractivity contribution in [3.05, 3.63) is 72.3 Å². The monoisotopic (exact) mass is 604 g/mol. The van der Waals surface area contributed by atoms with Crippen molar-refractivity contribution in [2.24, 2.45) is 5.92 Å². The first-order valence-corrected chi connectivity index (χ1v) is 18.1. The van der Waals surface area contributed by atoms with Gasteiger partial charge in [0.25, 0.3) is 0 Å². The Hall–Kier alpha value is -2.23. The summed E-state index contributed by atoms with van der Waals surface area (Å²) in [6.45, 7) is 9.67. The smallest absolute Gasteiger partial charge is 0.132 e. The highest BCUT2D eigenvalue weighted by atomic mass is 16.3. The van der Waals surface area contributed by atoms with E-state index >= 15 is 0 Å². The van der Waals surface area contributed by atoms with Crippen molar-refractivity contribution in [2.45, 2.75) is 148 Å². The summed E-state index contributed by atoms with van der Waals surface area (Å²) < 4.78 is 0. The van der Waals surface area contributed by atoms with Gasteiger partial charge in [0.15, 0.2) is 0 Å². The van der Waals surface area contributed by atoms with E-state index < -0.39 is 6.10 Å². The van der Waals surface area contributed by atoms with Crippen molar-refractivity contribution in [1.29, 1.82) is 0 Å². The molecule has 246 valence electrons. The van der Waals surface area contributed by atoms with E-state index in [1.54, 1.807) is 6.92 Å². The first kappa shape index (κ1) is 38.0. The number of unbranched alkanes of at least 4 members (excludes halogenated alkanes) is 14. The third-order valence-electron chi connectivity index (χ3n) is 9.24. The Morgan fingerprint density at radius 2 is 1.14 bits per heavy atom. The molecule has 2 aromatic carbocycles. The van der Waals surface area contributed by atoms with Gasteiger partial charge in [-0.25, -0.2) is 0 Å². The molecule has 1 N–H and O–H groups in total. The number of aliphatic hydroxyl groups is 1. The van der Waals surface area contributed by atoms with Crippen LogP contribution in [0.15, 0.2) is 61.2 Å². The molecule has 3 heteroatoms. The van der Waals surface area contributed by atoms with E-state index in [9.17, 15) is 9.90 Å². The van der Waals surface area contributed by atoms with Crippen molar-refractivity contribution in [1.82, 2.24) is 4.90 Å². The van der Waals surface area contributed by atoms with Crippen molar-refractivity contribution in [3.8, 4) is 11.1 Å². The number of nitrogens with zero attached hydrogens (tertiary/aromatic N) is 1. The van der Waals surface area contributed by atoms with Gasteiger partial charge >= 0.3 is 0 Å². The van der Waals surface area contributed by atoms with Crippen LogP contribution in [0, 0.1) is 5.92 Å². The third kappa shape index (κ3) is 16.7. The normalized spacial score (nSPS) is 12.8. The molecule has 0 bridgehead atoms. The van der Waals surface area contributed by atoms with Crippen LogP contribution in [0.1, 0.15) is 153 Å². The van der Waals surface area contributed by atoms with Gasteiger partial charge in [-0.1, -0.05) is 164 Å². The van der Waals surface area contributed by atoms with E-state index in [0.717, 1.165) is 57.2 Å². The largest absolute Gasteiger partial charge is 0.388 e. The lowest BCUT2D eigenvalue weighted by Crippen LogP contribution is -2.17. The Morgan fingerprint density at radius 1 is 0.705 bits per heavy atom. The van der Waals surface area contributed by atoms with Gasteiger partial charge in [0, 0.05) is 19.0 Å². The van der Waals surface area contributed by atoms with Crippen molar-refractivity contribution in [3.63, 3.8) is 0 Å². The molecule has 0 spiro atoms. The summed E-state index contributed by atoms with van der Waals surface area (Å²) in [7, 11) is 2.10. The van der Waals surface area contributed by atoms with Crippen LogP contribution in [0.25, 0.3) is 11.1 Å². The molecule has 2 unspecified atom stereocenters. The Labute approximate surface area is 271 Å². The van der Waals surface area contributed by atoms with Crippen molar-refractivity contribution < 1.29 is 9.90 Å². The minimum atomic E-state index is -0.403. The molecule has 0 heterocycles. The van der Waals surface area contributed by atoms with E-state index in [0.29, 0.717) is 5.78 Å². The second-order valence-electron chi connectivity index (χ2n) is 13.3. The van der Waals surface area contributed by atoms with Crippen molar-refractivity contribution >= 4 is 5.78 Å². The van der Waals surface area contributed by atoms with E-state index in [2.05, 4.69) is 74.0 Å². The number of ketones is 1. The number of benzene rings is 2. The van der Waals surface area contributed by atoms with Gasteiger partial charge in [-0.05, 0) is 55.5 Å². The van der Waals surface area contributed by atoms with Crippen LogP contribution >= 0.6 is 0 Å². The zero-order valence-electron chi connectivity index (χ0n) is 28.7. The number of likely N-dealkylation sites (N-methyl/N-ethyl adjacent to an activating group) is 1. The number of Topliss-reactive ketones (excluding diaryl/α,β-unsaturated/α-hetero) is 1. The highest BCUT2D eigenvalue weighted by Gasteiger charge is 2.13. The van der Waals surface area contributed by atoms with Crippen molar-refractivity contribution in [2.75, 3.05) is 13.6 Å². The summed E-state index contributed by atoms with van der Waals surface area (Å²) in [5.74, 6) is 0.649. The maximum absolute atomic E-state index is 12.2. The highest BCUT2D eigenvalue weighted by Crippen LogP contribution is 2.26. The molecule has 0 aliphatic rings. The summed E-state index contributed by atoms with van der Waals surface area (Å²) in [6, 6.07) is 17.1. The van der Waals surface area contributed by atoms with Crippen LogP contribution < -0.4 is 0 Å². The van der Waals surface area contributed by atoms with E-state index in [4.69, 9.17) is 0 Å². The standard InChI is InChI=1S/C41H65NO2/c1-5-7-8-9-10-11-12-13-14-16-19-22-37(35(3)43)23-20-17-15-18-21-24-41(44)40-31-29-39(30-32-40)38-27-25-36(26-28-38)34-42(4)33-6-2/h6,25-32,37,41,44H,2,5,7-24,33-34H2,1,3-4H3. The number of aliphatic hydroxyl groups excluding tert-OH is 1. The maximum atomic E-state index is 12.2. The average Bonchev–Trinajstić information content (AvgIpc) is 3.02. The molecule has 0 amide bonds. The lowest BCUT2D eigenvalue weighted by molar-refractivity contribution is -0.121. The molecule has 2 atom stereocenters. The van der Waals surface area contributed by atoms with Crippen LogP contribution in [0.3, 0.4) is 0 Å². The van der Waals surface area contributed by atoms with Gasteiger partial charge in [-0.3, -0.25) is 9.69 Å². The van der Waals surface area contributed by atoms with E-state index in [-0.39, 0.29) is 5.92 Å². The molecule has 0 aromatic heterocycles. The summed E-state index contributed by atoms with van der Waals surface area (Å²) in [4.78, 5) is 14.4. The van der Waals surface area contributed by atoms with Gasteiger partial charge in [0.05, 0.1) is 6.10 Å². The van der Waals surface area contributed by atoms with Crippen LogP contribution in [-0.4, -0.2) is 29.4 Å². The summed E-state index contributed by atoms with van der Waals surface area (Å²) >= 11 is 0. The molecule has 0 aliphatic carbocycles. The van der Waals surface area contributed by atoms with Gasteiger partial charge in [0.1, 0.15) is 5.78 Å². The van der Waals surface area contributed by atoms with Crippen LogP contribution in [-0.2, 0) is 11.3 Å². The van der Waals surface area contributed by atoms with E-state index in [1.165, 1.54) is 100 Å². The number of carbonyl (C=O) groups is 1. The van der Waals surface area contributed by atoms with Gasteiger partial charge < -0.3 is 5.11 Å². The van der Waals surface area contributed by atoms with Gasteiger partial charge in [-0.15, -0.1) is 6.58 Å². The minimum Gasteiger partial charge on any atom is -0.388 e. The Bertz CT molecular complexity index is 996. The molecule has 0 fully saturated rings. The second kappa shape index (κ2) is 24.1. The number of hydrogen-bond acceptors (Lipinski definition) is 3. The zero-order chi connectivity index (χ0) is 31.8. The zero-order valence-corrected chi connectivity index (χ0v) is 28.7. The number of rotatable bonds is 27. The summed E-state index contributed by atoms with van der Waals surface area (Å²) in [6.07, 6.45) is 25.1. The molecule has 0 radical (unpaired) electrons. The number of carbonyl (C=O) groups excluding carboxylic acids is 1. The van der Waals surface area contributed by atoms with Crippen LogP contribution in [0.4, 0.5) is 0 Å². The molecular weight excluding hydrogens is 538 g/mol. The first-order valence-electron chi connectivity index (χ1n) is 18.1. The molecule has 0 saturated carbocycles. The molecule has 44 heavy (non-hydrogen) atoms. The average molecular weight is 604 g/mol. The molecule has 2 rings (SSSR count). The van der Waals surface area contributed by atoms with E-state index in [1.807, 2.05) is 6.08 Å². The highest BCUT2D eigenvalue weighted by molar-refractivity contribution is 5.78. The van der Waals surface area contributed by atoms with Crippen LogP contribution in [0.2, 0.25) is 0 Å². The quantitative estimate of drug-likeness (QED) is 0.0815. The fourth-order valence-electron chi connectivity index (χ4n) is 6.33. The SMILES string of the molecule is C=CCN(C)Cc1ccc(-c2ccc(C(O)CCCCCCCC(CCCCCCCCCCCCC)C(C)=O)cc2)cc1. The molecular formula is C41H65NO2. The summed E-state index contributed by atoms with van der Waals surface area (Å²) in [5.41, 5.74) is 4.68. The lowest BCUT2D eigenvalue weighted by Gasteiger charge is -2.15. The molecule has 0 saturated heterocycles. The third-order valence-corrected chi connectivity index (χ3v) is 9.24. The fourth-order valence-corrected chi connectivity index (χ4v) is 6.33. The Kier molecular flexibility index (Phi) is 20.8. The molecule has 3 nitrogen and oxygen atoms in total. The number of hydrogen-bond donors (Lipinski definition) is 1. The Morgan fingerprint density at radius 3 is 1.59 bits per heavy atom. The predicted molar refractivity (Wildman–Crippen MR) is 191 cm³/mol. The lowest BCUT2D eigenvalue weighted by atomic mass is 9.91. The molecule has 2 aromatic rings.